The summed E-state index contributed by atoms with van der Waals surface area (Å²) in [5.74, 6) is 0.592. The second kappa shape index (κ2) is 6.17. The fraction of sp³-hybridized carbons (Fsp3) is 0.400. The van der Waals surface area contributed by atoms with Crippen LogP contribution >= 0.6 is 11.3 Å². The summed E-state index contributed by atoms with van der Waals surface area (Å²) in [6.07, 6.45) is 0. The molecule has 3 nitrogen and oxygen atoms in total. The zero-order chi connectivity index (χ0) is 13.8. The molecule has 0 aromatic carbocycles. The summed E-state index contributed by atoms with van der Waals surface area (Å²) >= 11 is 1.65. The first-order valence-electron chi connectivity index (χ1n) is 6.53. The SMILES string of the molecule is CC(C)CNCc1ccc(-c2cccs2)n(C)c1=O. The molecule has 0 radical (unpaired) electrons. The molecule has 0 aliphatic rings. The average Bonchev–Trinajstić information content (AvgIpc) is 2.88. The summed E-state index contributed by atoms with van der Waals surface area (Å²) in [6, 6.07) is 8.00. The Morgan fingerprint density at radius 1 is 1.32 bits per heavy atom. The summed E-state index contributed by atoms with van der Waals surface area (Å²) in [5.41, 5.74) is 1.89. The van der Waals surface area contributed by atoms with Crippen LogP contribution in [-0.4, -0.2) is 11.1 Å². The lowest BCUT2D eigenvalue weighted by atomic mass is 10.2. The van der Waals surface area contributed by atoms with Gasteiger partial charge in [-0.15, -0.1) is 11.3 Å². The number of hydrogen-bond acceptors (Lipinski definition) is 3. The Morgan fingerprint density at radius 2 is 2.11 bits per heavy atom. The number of nitrogens with zero attached hydrogens (tertiary/aromatic N) is 1. The van der Waals surface area contributed by atoms with Crippen LogP contribution in [0.4, 0.5) is 0 Å². The molecule has 19 heavy (non-hydrogen) atoms. The summed E-state index contributed by atoms with van der Waals surface area (Å²) < 4.78 is 1.73. The zero-order valence-electron chi connectivity index (χ0n) is 11.6. The van der Waals surface area contributed by atoms with Gasteiger partial charge in [0.15, 0.2) is 0 Å². The van der Waals surface area contributed by atoms with Crippen molar-refractivity contribution in [3.63, 3.8) is 0 Å². The van der Waals surface area contributed by atoms with Crippen molar-refractivity contribution >= 4 is 11.3 Å². The second-order valence-corrected chi connectivity index (χ2v) is 6.06. The van der Waals surface area contributed by atoms with Crippen molar-refractivity contribution in [1.82, 2.24) is 9.88 Å². The van der Waals surface area contributed by atoms with E-state index in [4.69, 9.17) is 0 Å². The molecule has 0 fully saturated rings. The molecule has 0 atom stereocenters. The monoisotopic (exact) mass is 276 g/mol. The molecule has 2 aromatic rings. The first-order chi connectivity index (χ1) is 9.09. The van der Waals surface area contributed by atoms with Crippen LogP contribution in [0.25, 0.3) is 10.6 Å². The molecule has 4 heteroatoms. The van der Waals surface area contributed by atoms with E-state index in [0.29, 0.717) is 12.5 Å². The fourth-order valence-electron chi connectivity index (χ4n) is 1.99. The van der Waals surface area contributed by atoms with Gasteiger partial charge >= 0.3 is 0 Å². The number of pyridine rings is 1. The van der Waals surface area contributed by atoms with E-state index in [1.807, 2.05) is 36.7 Å². The molecule has 102 valence electrons. The van der Waals surface area contributed by atoms with Crippen molar-refractivity contribution in [1.29, 1.82) is 0 Å². The minimum Gasteiger partial charge on any atom is -0.312 e. The molecule has 0 amide bonds. The van der Waals surface area contributed by atoms with Gasteiger partial charge in [-0.3, -0.25) is 4.79 Å². The Morgan fingerprint density at radius 3 is 2.74 bits per heavy atom. The average molecular weight is 276 g/mol. The van der Waals surface area contributed by atoms with Gasteiger partial charge in [0.1, 0.15) is 0 Å². The van der Waals surface area contributed by atoms with Crippen LogP contribution < -0.4 is 10.9 Å². The predicted octanol–water partition coefficient (Wildman–Crippen LogP) is 2.86. The van der Waals surface area contributed by atoms with E-state index in [9.17, 15) is 4.79 Å². The topological polar surface area (TPSA) is 34.0 Å². The number of thiophene rings is 1. The molecule has 0 spiro atoms. The Bertz CT molecular complexity index is 585. The third-order valence-electron chi connectivity index (χ3n) is 3.02. The first-order valence-corrected chi connectivity index (χ1v) is 7.41. The van der Waals surface area contributed by atoms with Gasteiger partial charge in [-0.2, -0.15) is 0 Å². The minimum atomic E-state index is 0.0853. The van der Waals surface area contributed by atoms with Gasteiger partial charge < -0.3 is 9.88 Å². The van der Waals surface area contributed by atoms with Gasteiger partial charge in [0, 0.05) is 19.2 Å². The van der Waals surface area contributed by atoms with E-state index >= 15 is 0 Å². The maximum absolute atomic E-state index is 12.3. The number of nitrogens with one attached hydrogen (secondary N) is 1. The van der Waals surface area contributed by atoms with E-state index in [1.165, 1.54) is 0 Å². The maximum Gasteiger partial charge on any atom is 0.255 e. The van der Waals surface area contributed by atoms with Crippen LogP contribution in [0.3, 0.4) is 0 Å². The highest BCUT2D eigenvalue weighted by Crippen LogP contribution is 2.22. The highest BCUT2D eigenvalue weighted by molar-refractivity contribution is 7.13. The highest BCUT2D eigenvalue weighted by Gasteiger charge is 2.08. The van der Waals surface area contributed by atoms with Crippen LogP contribution in [0.15, 0.2) is 34.4 Å². The molecule has 0 saturated carbocycles. The van der Waals surface area contributed by atoms with Crippen LogP contribution in [0.5, 0.6) is 0 Å². The van der Waals surface area contributed by atoms with Crippen molar-refractivity contribution < 1.29 is 0 Å². The Kier molecular flexibility index (Phi) is 4.56. The summed E-state index contributed by atoms with van der Waals surface area (Å²) in [7, 11) is 1.84. The highest BCUT2D eigenvalue weighted by atomic mass is 32.1. The quantitative estimate of drug-likeness (QED) is 0.911. The van der Waals surface area contributed by atoms with Gasteiger partial charge in [-0.1, -0.05) is 26.0 Å². The molecule has 0 saturated heterocycles. The molecule has 0 unspecified atom stereocenters. The van der Waals surface area contributed by atoms with Crippen LogP contribution in [0.2, 0.25) is 0 Å². The molecule has 0 aliphatic heterocycles. The molecule has 2 heterocycles. The van der Waals surface area contributed by atoms with Gasteiger partial charge in [-0.25, -0.2) is 0 Å². The summed E-state index contributed by atoms with van der Waals surface area (Å²) in [6.45, 7) is 5.88. The molecular formula is C15H20N2OS. The molecule has 1 N–H and O–H groups in total. The van der Waals surface area contributed by atoms with E-state index < -0.39 is 0 Å². The lowest BCUT2D eigenvalue weighted by Crippen LogP contribution is -2.27. The van der Waals surface area contributed by atoms with E-state index in [0.717, 1.165) is 22.7 Å². The Hall–Kier alpha value is -1.39. The van der Waals surface area contributed by atoms with Gasteiger partial charge in [0.25, 0.3) is 5.56 Å². The predicted molar refractivity (Wildman–Crippen MR) is 81.5 cm³/mol. The molecular weight excluding hydrogens is 256 g/mol. The smallest absolute Gasteiger partial charge is 0.255 e. The number of hydrogen-bond donors (Lipinski definition) is 1. The van der Waals surface area contributed by atoms with Crippen molar-refractivity contribution in [3.8, 4) is 10.6 Å². The molecule has 0 bridgehead atoms. The lowest BCUT2D eigenvalue weighted by molar-refractivity contribution is 0.549. The third-order valence-corrected chi connectivity index (χ3v) is 3.92. The van der Waals surface area contributed by atoms with Crippen LogP contribution in [0, 0.1) is 5.92 Å². The summed E-state index contributed by atoms with van der Waals surface area (Å²) in [5, 5.41) is 5.34. The van der Waals surface area contributed by atoms with Crippen LogP contribution in [0.1, 0.15) is 19.4 Å². The Labute approximate surface area is 117 Å². The first kappa shape index (κ1) is 14.0. The van der Waals surface area contributed by atoms with Gasteiger partial charge in [0.05, 0.1) is 10.6 Å². The molecule has 2 aromatic heterocycles. The van der Waals surface area contributed by atoms with Crippen LogP contribution in [-0.2, 0) is 13.6 Å². The molecule has 0 aliphatic carbocycles. The van der Waals surface area contributed by atoms with E-state index in [1.54, 1.807) is 15.9 Å². The van der Waals surface area contributed by atoms with Crippen molar-refractivity contribution in [3.05, 3.63) is 45.6 Å². The number of rotatable bonds is 5. The summed E-state index contributed by atoms with van der Waals surface area (Å²) in [4.78, 5) is 13.4. The molecule has 2 rings (SSSR count). The minimum absolute atomic E-state index is 0.0853. The number of aromatic nitrogens is 1. The van der Waals surface area contributed by atoms with E-state index in [-0.39, 0.29) is 5.56 Å². The lowest BCUT2D eigenvalue weighted by Gasteiger charge is -2.10. The largest absolute Gasteiger partial charge is 0.312 e. The Balaban J connectivity index is 2.21. The fourth-order valence-corrected chi connectivity index (χ4v) is 2.78. The van der Waals surface area contributed by atoms with Crippen molar-refractivity contribution in [2.45, 2.75) is 20.4 Å². The zero-order valence-corrected chi connectivity index (χ0v) is 12.5. The van der Waals surface area contributed by atoms with E-state index in [2.05, 4.69) is 19.2 Å². The normalized spacial score (nSPS) is 11.2. The van der Waals surface area contributed by atoms with Gasteiger partial charge in [0.2, 0.25) is 0 Å². The van der Waals surface area contributed by atoms with Gasteiger partial charge in [-0.05, 0) is 30.0 Å². The van der Waals surface area contributed by atoms with Crippen molar-refractivity contribution in [2.24, 2.45) is 13.0 Å². The second-order valence-electron chi connectivity index (χ2n) is 5.11. The third kappa shape index (κ3) is 3.33. The standard InChI is InChI=1S/C15H20N2OS/c1-11(2)9-16-10-12-6-7-13(17(3)15(12)18)14-5-4-8-19-14/h4-8,11,16H,9-10H2,1-3H3. The maximum atomic E-state index is 12.3. The van der Waals surface area contributed by atoms with Crippen molar-refractivity contribution in [2.75, 3.05) is 6.54 Å².